The summed E-state index contributed by atoms with van der Waals surface area (Å²) >= 11 is 6.13. The highest BCUT2D eigenvalue weighted by Crippen LogP contribution is 2.38. The molecule has 2 heterocycles. The molecule has 0 spiro atoms. The fraction of sp³-hybridized carbons (Fsp3) is 0.150. The summed E-state index contributed by atoms with van der Waals surface area (Å²) in [5.41, 5.74) is 1.28. The molecule has 148 valence electrons. The van der Waals surface area contributed by atoms with Crippen molar-refractivity contribution in [3.05, 3.63) is 53.6 Å². The Kier molecular flexibility index (Phi) is 4.94. The van der Waals surface area contributed by atoms with Crippen LogP contribution in [0.25, 0.3) is 22.2 Å². The highest BCUT2D eigenvalue weighted by Gasteiger charge is 2.20. The van der Waals surface area contributed by atoms with E-state index in [0.29, 0.717) is 45.4 Å². The first-order chi connectivity index (χ1) is 14.0. The van der Waals surface area contributed by atoms with Gasteiger partial charge in [-0.1, -0.05) is 17.3 Å². The van der Waals surface area contributed by atoms with Gasteiger partial charge in [0.15, 0.2) is 11.5 Å². The predicted octanol–water partition coefficient (Wildman–Crippen LogP) is 4.86. The fourth-order valence-electron chi connectivity index (χ4n) is 2.99. The van der Waals surface area contributed by atoms with E-state index in [9.17, 15) is 4.39 Å². The Morgan fingerprint density at radius 1 is 1.03 bits per heavy atom. The van der Waals surface area contributed by atoms with Crippen molar-refractivity contribution < 1.29 is 18.4 Å². The molecule has 2 aromatic heterocycles. The van der Waals surface area contributed by atoms with Crippen LogP contribution < -0.4 is 14.4 Å². The van der Waals surface area contributed by atoms with Gasteiger partial charge in [0, 0.05) is 30.1 Å². The molecule has 0 saturated heterocycles. The lowest BCUT2D eigenvalue weighted by atomic mass is 10.1. The summed E-state index contributed by atoms with van der Waals surface area (Å²) in [4.78, 5) is 10.2. The van der Waals surface area contributed by atoms with Gasteiger partial charge in [-0.25, -0.2) is 9.37 Å². The van der Waals surface area contributed by atoms with Crippen molar-refractivity contribution in [3.63, 3.8) is 0 Å². The van der Waals surface area contributed by atoms with Crippen LogP contribution in [0.3, 0.4) is 0 Å². The van der Waals surface area contributed by atoms with Gasteiger partial charge in [0.05, 0.1) is 19.7 Å². The van der Waals surface area contributed by atoms with Gasteiger partial charge in [-0.3, -0.25) is 4.90 Å². The number of hydrogen-bond acceptors (Lipinski definition) is 7. The second kappa shape index (κ2) is 7.56. The third-order valence-corrected chi connectivity index (χ3v) is 4.62. The Labute approximate surface area is 170 Å². The molecule has 0 bridgehead atoms. The molecule has 0 atom stereocenters. The summed E-state index contributed by atoms with van der Waals surface area (Å²) in [6.07, 6.45) is 0. The maximum absolute atomic E-state index is 14.1. The molecule has 29 heavy (non-hydrogen) atoms. The molecule has 7 nitrogen and oxygen atoms in total. The molecule has 9 heteroatoms. The number of methoxy groups -OCH3 is 2. The van der Waals surface area contributed by atoms with Crippen LogP contribution >= 0.6 is 11.6 Å². The number of ether oxygens (including phenoxy) is 2. The lowest BCUT2D eigenvalue weighted by Gasteiger charge is -2.17. The normalized spacial score (nSPS) is 10.9. The maximum Gasteiger partial charge on any atom is 0.233 e. The number of aromatic nitrogens is 3. The van der Waals surface area contributed by atoms with E-state index in [1.807, 2.05) is 0 Å². The van der Waals surface area contributed by atoms with Gasteiger partial charge in [-0.15, -0.1) is 0 Å². The van der Waals surface area contributed by atoms with E-state index in [1.165, 1.54) is 13.2 Å². The molecule has 0 radical (unpaired) electrons. The van der Waals surface area contributed by atoms with Crippen molar-refractivity contribution in [1.82, 2.24) is 15.1 Å². The van der Waals surface area contributed by atoms with E-state index in [2.05, 4.69) is 15.1 Å². The third kappa shape index (κ3) is 3.42. The van der Waals surface area contributed by atoms with E-state index in [1.54, 1.807) is 55.5 Å². The van der Waals surface area contributed by atoms with Crippen LogP contribution in [0.15, 0.2) is 47.0 Å². The van der Waals surface area contributed by atoms with Gasteiger partial charge in [0.1, 0.15) is 17.3 Å². The van der Waals surface area contributed by atoms with E-state index in [0.717, 1.165) is 0 Å². The topological polar surface area (TPSA) is 73.5 Å². The molecule has 4 rings (SSSR count). The SMILES string of the molecule is COc1cc2nc(Cl)nc(N(C)c3cc(-c4ccccc4F)no3)c2cc1OC. The highest BCUT2D eigenvalue weighted by molar-refractivity contribution is 6.28. The summed E-state index contributed by atoms with van der Waals surface area (Å²) in [5, 5.41) is 4.70. The van der Waals surface area contributed by atoms with E-state index >= 15 is 0 Å². The van der Waals surface area contributed by atoms with Crippen molar-refractivity contribution in [1.29, 1.82) is 0 Å². The van der Waals surface area contributed by atoms with Crippen LogP contribution in [0.4, 0.5) is 16.1 Å². The molecule has 0 saturated carbocycles. The minimum absolute atomic E-state index is 0.0559. The number of benzene rings is 2. The molecular weight excluding hydrogens is 399 g/mol. The summed E-state index contributed by atoms with van der Waals surface area (Å²) in [7, 11) is 4.82. The first kappa shape index (κ1) is 18.9. The predicted molar refractivity (Wildman–Crippen MR) is 108 cm³/mol. The third-order valence-electron chi connectivity index (χ3n) is 4.45. The zero-order valence-electron chi connectivity index (χ0n) is 15.8. The molecule has 0 unspecified atom stereocenters. The Bertz CT molecular complexity index is 1200. The Morgan fingerprint density at radius 2 is 1.76 bits per heavy atom. The maximum atomic E-state index is 14.1. The van der Waals surface area contributed by atoms with Crippen molar-refractivity contribution in [2.75, 3.05) is 26.2 Å². The van der Waals surface area contributed by atoms with Gasteiger partial charge in [-0.2, -0.15) is 4.98 Å². The molecule has 0 aliphatic rings. The van der Waals surface area contributed by atoms with Crippen LogP contribution in [0, 0.1) is 5.82 Å². The monoisotopic (exact) mass is 414 g/mol. The average molecular weight is 415 g/mol. The largest absolute Gasteiger partial charge is 0.493 e. The van der Waals surface area contributed by atoms with Gasteiger partial charge in [0.2, 0.25) is 11.2 Å². The van der Waals surface area contributed by atoms with Crippen LogP contribution in [0.5, 0.6) is 11.5 Å². The van der Waals surface area contributed by atoms with Gasteiger partial charge >= 0.3 is 0 Å². The number of rotatable bonds is 5. The second-order valence-corrected chi connectivity index (χ2v) is 6.47. The Balaban J connectivity index is 1.81. The number of anilines is 2. The summed E-state index contributed by atoms with van der Waals surface area (Å²) in [6, 6.07) is 11.4. The summed E-state index contributed by atoms with van der Waals surface area (Å²) in [6.45, 7) is 0. The second-order valence-electron chi connectivity index (χ2n) is 6.13. The van der Waals surface area contributed by atoms with Gasteiger partial charge in [0.25, 0.3) is 0 Å². The molecule has 0 aliphatic carbocycles. The minimum Gasteiger partial charge on any atom is -0.493 e. The average Bonchev–Trinajstić information content (AvgIpc) is 3.21. The van der Waals surface area contributed by atoms with E-state index in [4.69, 9.17) is 25.6 Å². The van der Waals surface area contributed by atoms with Gasteiger partial charge < -0.3 is 14.0 Å². The number of nitrogens with zero attached hydrogens (tertiary/aromatic N) is 4. The molecule has 0 amide bonds. The lowest BCUT2D eigenvalue weighted by Crippen LogP contribution is -2.12. The van der Waals surface area contributed by atoms with Crippen molar-refractivity contribution in [2.45, 2.75) is 0 Å². The quantitative estimate of drug-likeness (QED) is 0.431. The highest BCUT2D eigenvalue weighted by atomic mass is 35.5. The van der Waals surface area contributed by atoms with Crippen LogP contribution in [-0.4, -0.2) is 36.4 Å². The Morgan fingerprint density at radius 3 is 2.48 bits per heavy atom. The Hall–Kier alpha value is -3.39. The lowest BCUT2D eigenvalue weighted by molar-refractivity contribution is 0.356. The molecule has 0 aliphatic heterocycles. The van der Waals surface area contributed by atoms with Crippen LogP contribution in [0.1, 0.15) is 0 Å². The van der Waals surface area contributed by atoms with Crippen LogP contribution in [-0.2, 0) is 0 Å². The van der Waals surface area contributed by atoms with E-state index in [-0.39, 0.29) is 11.1 Å². The van der Waals surface area contributed by atoms with Crippen molar-refractivity contribution in [3.8, 4) is 22.8 Å². The molecular formula is C20H16ClFN4O3. The summed E-state index contributed by atoms with van der Waals surface area (Å²) in [5.74, 6) is 1.48. The number of fused-ring (bicyclic) bond motifs is 1. The zero-order valence-corrected chi connectivity index (χ0v) is 16.6. The van der Waals surface area contributed by atoms with Crippen molar-refractivity contribution in [2.24, 2.45) is 0 Å². The number of halogens is 2. The smallest absolute Gasteiger partial charge is 0.233 e. The first-order valence-corrected chi connectivity index (χ1v) is 8.94. The van der Waals surface area contributed by atoms with Gasteiger partial charge in [-0.05, 0) is 29.8 Å². The first-order valence-electron chi connectivity index (χ1n) is 8.56. The molecule has 4 aromatic rings. The fourth-order valence-corrected chi connectivity index (χ4v) is 3.16. The molecule has 2 aromatic carbocycles. The van der Waals surface area contributed by atoms with Crippen LogP contribution in [0.2, 0.25) is 5.28 Å². The minimum atomic E-state index is -0.387. The molecule has 0 N–H and O–H groups in total. The van der Waals surface area contributed by atoms with E-state index < -0.39 is 0 Å². The standard InChI is InChI=1S/C20H16ClFN4O3/c1-26(18-10-15(25-29-18)11-6-4-5-7-13(11)22)19-12-8-16(27-2)17(28-3)9-14(12)23-20(21)24-19/h4-10H,1-3H3. The summed E-state index contributed by atoms with van der Waals surface area (Å²) < 4.78 is 30.2. The molecule has 0 fully saturated rings. The number of hydrogen-bond donors (Lipinski definition) is 0. The van der Waals surface area contributed by atoms with Crippen molar-refractivity contribution >= 4 is 34.2 Å². The zero-order chi connectivity index (χ0) is 20.5.